The minimum absolute atomic E-state index is 0.0927. The maximum absolute atomic E-state index is 13.4. The van der Waals surface area contributed by atoms with E-state index in [1.165, 1.54) is 12.1 Å². The molecule has 2 amide bonds. The van der Waals surface area contributed by atoms with Crippen LogP contribution in [0.25, 0.3) is 10.8 Å². The molecule has 1 saturated heterocycles. The molecular weight excluding hydrogens is 421 g/mol. The molecule has 1 aliphatic heterocycles. The molecule has 0 aromatic heterocycles. The van der Waals surface area contributed by atoms with E-state index in [4.69, 9.17) is 4.74 Å². The highest BCUT2D eigenvalue weighted by molar-refractivity contribution is 5.91. The summed E-state index contributed by atoms with van der Waals surface area (Å²) in [5.41, 5.74) is 1.85. The summed E-state index contributed by atoms with van der Waals surface area (Å²) >= 11 is 0. The highest BCUT2D eigenvalue weighted by Gasteiger charge is 2.23. The zero-order valence-corrected chi connectivity index (χ0v) is 18.4. The highest BCUT2D eigenvalue weighted by atomic mass is 19.1. The van der Waals surface area contributed by atoms with Crippen LogP contribution in [-0.4, -0.2) is 56.1 Å². The van der Waals surface area contributed by atoms with Crippen LogP contribution in [0.15, 0.2) is 66.7 Å². The maximum Gasteiger partial charge on any atom is 0.239 e. The number of nitrogens with zero attached hydrogens (tertiary/aromatic N) is 1. The van der Waals surface area contributed by atoms with E-state index in [-0.39, 0.29) is 36.6 Å². The summed E-state index contributed by atoms with van der Waals surface area (Å²) in [5, 5.41) is 7.74. The number of morpholine rings is 1. The van der Waals surface area contributed by atoms with Crippen LogP contribution >= 0.6 is 0 Å². The number of carbonyl (C=O) groups is 2. The number of hydrogen-bond acceptors (Lipinski definition) is 4. The second kappa shape index (κ2) is 11.0. The van der Waals surface area contributed by atoms with Gasteiger partial charge in [-0.1, -0.05) is 54.6 Å². The van der Waals surface area contributed by atoms with Gasteiger partial charge in [0.2, 0.25) is 11.8 Å². The third-order valence-corrected chi connectivity index (χ3v) is 5.91. The van der Waals surface area contributed by atoms with Crippen LogP contribution in [0.3, 0.4) is 0 Å². The number of rotatable bonds is 8. The summed E-state index contributed by atoms with van der Waals surface area (Å²) in [5.74, 6) is -0.760. The van der Waals surface area contributed by atoms with Crippen molar-refractivity contribution in [3.63, 3.8) is 0 Å². The normalized spacial score (nSPS) is 15.2. The van der Waals surface area contributed by atoms with Crippen LogP contribution in [0, 0.1) is 5.82 Å². The lowest BCUT2D eigenvalue weighted by atomic mass is 10.0. The lowest BCUT2D eigenvalue weighted by Crippen LogP contribution is -2.45. The fourth-order valence-corrected chi connectivity index (χ4v) is 4.17. The fraction of sp³-hybridized carbons (Fsp3) is 0.308. The van der Waals surface area contributed by atoms with E-state index >= 15 is 0 Å². The Bertz CT molecular complexity index is 1090. The van der Waals surface area contributed by atoms with E-state index in [1.807, 2.05) is 42.5 Å². The highest BCUT2D eigenvalue weighted by Crippen LogP contribution is 2.22. The van der Waals surface area contributed by atoms with E-state index in [9.17, 15) is 14.0 Å². The molecule has 2 N–H and O–H groups in total. The summed E-state index contributed by atoms with van der Waals surface area (Å²) < 4.78 is 18.8. The Hall–Kier alpha value is -3.29. The largest absolute Gasteiger partial charge is 0.379 e. The van der Waals surface area contributed by atoms with Crippen LogP contribution in [0.5, 0.6) is 0 Å². The molecule has 0 bridgehead atoms. The van der Waals surface area contributed by atoms with Crippen molar-refractivity contribution in [3.05, 3.63) is 83.7 Å². The Kier molecular flexibility index (Phi) is 7.65. The predicted molar refractivity (Wildman–Crippen MR) is 125 cm³/mol. The minimum Gasteiger partial charge on any atom is -0.379 e. The van der Waals surface area contributed by atoms with Crippen LogP contribution in [0.1, 0.15) is 17.2 Å². The van der Waals surface area contributed by atoms with Crippen molar-refractivity contribution in [2.45, 2.75) is 12.5 Å². The van der Waals surface area contributed by atoms with Crippen LogP contribution in [0.4, 0.5) is 4.39 Å². The number of hydrogen-bond donors (Lipinski definition) is 2. The van der Waals surface area contributed by atoms with Gasteiger partial charge in [-0.15, -0.1) is 0 Å². The number of carbonyl (C=O) groups excluding carboxylic acids is 2. The van der Waals surface area contributed by atoms with Crippen molar-refractivity contribution < 1.29 is 18.7 Å². The lowest BCUT2D eigenvalue weighted by Gasteiger charge is -2.35. The minimum atomic E-state index is -0.294. The Balaban J connectivity index is 1.31. The van der Waals surface area contributed by atoms with Crippen LogP contribution < -0.4 is 10.6 Å². The molecule has 1 heterocycles. The molecule has 1 aliphatic rings. The van der Waals surface area contributed by atoms with Gasteiger partial charge in [-0.25, -0.2) is 4.39 Å². The number of nitrogens with one attached hydrogen (secondary N) is 2. The molecule has 3 aromatic carbocycles. The van der Waals surface area contributed by atoms with E-state index in [2.05, 4.69) is 15.5 Å². The van der Waals surface area contributed by atoms with Crippen molar-refractivity contribution in [2.75, 3.05) is 39.4 Å². The average Bonchev–Trinajstić information content (AvgIpc) is 2.85. The summed E-state index contributed by atoms with van der Waals surface area (Å²) in [6.07, 6.45) is 0.209. The molecule has 4 rings (SSSR count). The molecule has 7 heteroatoms. The van der Waals surface area contributed by atoms with Gasteiger partial charge in [0.15, 0.2) is 0 Å². The monoisotopic (exact) mass is 449 g/mol. The zero-order chi connectivity index (χ0) is 23.0. The first-order chi connectivity index (χ1) is 16.1. The third kappa shape index (κ3) is 6.15. The van der Waals surface area contributed by atoms with Gasteiger partial charge in [0, 0.05) is 19.6 Å². The van der Waals surface area contributed by atoms with Gasteiger partial charge in [-0.3, -0.25) is 14.5 Å². The molecular formula is C26H28FN3O3. The SMILES string of the molecule is O=C(CNC(=O)Cc1cccc2ccccc12)NCC(c1ccc(F)cc1)N1CCOCC1. The predicted octanol–water partition coefficient (Wildman–Crippen LogP) is 2.83. The van der Waals surface area contributed by atoms with Crippen molar-refractivity contribution in [1.82, 2.24) is 15.5 Å². The van der Waals surface area contributed by atoms with Gasteiger partial charge in [-0.2, -0.15) is 0 Å². The van der Waals surface area contributed by atoms with Gasteiger partial charge in [0.1, 0.15) is 5.82 Å². The molecule has 0 saturated carbocycles. The smallest absolute Gasteiger partial charge is 0.239 e. The second-order valence-corrected chi connectivity index (χ2v) is 8.11. The van der Waals surface area contributed by atoms with Crippen molar-refractivity contribution in [1.29, 1.82) is 0 Å². The van der Waals surface area contributed by atoms with Crippen LogP contribution in [0.2, 0.25) is 0 Å². The van der Waals surface area contributed by atoms with E-state index < -0.39 is 0 Å². The van der Waals surface area contributed by atoms with Crippen molar-refractivity contribution in [3.8, 4) is 0 Å². The lowest BCUT2D eigenvalue weighted by molar-refractivity contribution is -0.125. The number of fused-ring (bicyclic) bond motifs is 1. The van der Waals surface area contributed by atoms with E-state index in [1.54, 1.807) is 12.1 Å². The van der Waals surface area contributed by atoms with Gasteiger partial charge in [0.25, 0.3) is 0 Å². The number of halogens is 1. The Labute approximate surface area is 192 Å². The molecule has 172 valence electrons. The van der Waals surface area contributed by atoms with Gasteiger partial charge >= 0.3 is 0 Å². The first-order valence-electron chi connectivity index (χ1n) is 11.2. The topological polar surface area (TPSA) is 70.7 Å². The number of ether oxygens (including phenoxy) is 1. The molecule has 1 unspecified atom stereocenters. The van der Waals surface area contributed by atoms with E-state index in [0.29, 0.717) is 19.8 Å². The molecule has 0 aliphatic carbocycles. The standard InChI is InChI=1S/C26H28FN3O3/c27-22-10-8-20(9-11-22)24(30-12-14-33-15-13-30)17-28-26(32)18-29-25(31)16-21-6-3-5-19-4-1-2-7-23(19)21/h1-11,24H,12-18H2,(H,28,32)(H,29,31). The van der Waals surface area contributed by atoms with Crippen molar-refractivity contribution >= 4 is 22.6 Å². The Morgan fingerprint density at radius 3 is 2.42 bits per heavy atom. The Morgan fingerprint density at radius 1 is 0.909 bits per heavy atom. The molecule has 0 radical (unpaired) electrons. The first-order valence-corrected chi connectivity index (χ1v) is 11.2. The van der Waals surface area contributed by atoms with Gasteiger partial charge in [-0.05, 0) is 34.0 Å². The summed E-state index contributed by atoms with van der Waals surface area (Å²) in [6.45, 7) is 2.98. The van der Waals surface area contributed by atoms with Crippen molar-refractivity contribution in [2.24, 2.45) is 0 Å². The zero-order valence-electron chi connectivity index (χ0n) is 18.4. The molecule has 1 atom stereocenters. The summed E-state index contributed by atoms with van der Waals surface area (Å²) in [6, 6.07) is 20.0. The number of amides is 2. The second-order valence-electron chi connectivity index (χ2n) is 8.11. The molecule has 0 spiro atoms. The average molecular weight is 450 g/mol. The maximum atomic E-state index is 13.4. The molecule has 6 nitrogen and oxygen atoms in total. The summed E-state index contributed by atoms with van der Waals surface area (Å²) in [7, 11) is 0. The molecule has 33 heavy (non-hydrogen) atoms. The third-order valence-electron chi connectivity index (χ3n) is 5.91. The summed E-state index contributed by atoms with van der Waals surface area (Å²) in [4.78, 5) is 27.1. The van der Waals surface area contributed by atoms with E-state index in [0.717, 1.165) is 35.0 Å². The fourth-order valence-electron chi connectivity index (χ4n) is 4.17. The van der Waals surface area contributed by atoms with Gasteiger partial charge < -0.3 is 15.4 Å². The number of benzene rings is 3. The van der Waals surface area contributed by atoms with Crippen LogP contribution in [-0.2, 0) is 20.7 Å². The first kappa shape index (κ1) is 22.9. The van der Waals surface area contributed by atoms with Gasteiger partial charge in [0.05, 0.1) is 32.2 Å². The molecule has 1 fully saturated rings. The molecule has 3 aromatic rings. The quantitative estimate of drug-likeness (QED) is 0.555. The Morgan fingerprint density at radius 2 is 1.64 bits per heavy atom.